The largest absolute Gasteiger partial charge is 0.496 e. The first-order chi connectivity index (χ1) is 12.0. The fourth-order valence-corrected chi connectivity index (χ4v) is 3.43. The van der Waals surface area contributed by atoms with Crippen LogP contribution in [0.15, 0.2) is 18.2 Å². The van der Waals surface area contributed by atoms with E-state index in [0.29, 0.717) is 17.9 Å². The summed E-state index contributed by atoms with van der Waals surface area (Å²) in [7, 11) is 1.52. The van der Waals surface area contributed by atoms with Gasteiger partial charge in [0.1, 0.15) is 11.6 Å². The zero-order valence-corrected chi connectivity index (χ0v) is 14.8. The number of amides is 2. The van der Waals surface area contributed by atoms with Gasteiger partial charge in [0.25, 0.3) is 0 Å². The third-order valence-electron chi connectivity index (χ3n) is 5.05. The summed E-state index contributed by atoms with van der Waals surface area (Å²) in [5.41, 5.74) is 0.609. The number of piperidine rings is 1. The van der Waals surface area contributed by atoms with Gasteiger partial charge in [-0.3, -0.25) is 9.59 Å². The molecule has 1 aliphatic heterocycles. The smallest absolute Gasteiger partial charge is 0.225 e. The minimum Gasteiger partial charge on any atom is -0.496 e. The van der Waals surface area contributed by atoms with Crippen molar-refractivity contribution in [3.05, 3.63) is 29.6 Å². The van der Waals surface area contributed by atoms with Crippen molar-refractivity contribution in [2.45, 2.75) is 38.6 Å². The molecule has 25 heavy (non-hydrogen) atoms. The highest BCUT2D eigenvalue weighted by Gasteiger charge is 2.36. The van der Waals surface area contributed by atoms with Crippen LogP contribution in [0.25, 0.3) is 0 Å². The average molecular weight is 348 g/mol. The van der Waals surface area contributed by atoms with Crippen LogP contribution in [0.1, 0.15) is 44.2 Å². The molecule has 5 nitrogen and oxygen atoms in total. The van der Waals surface area contributed by atoms with Gasteiger partial charge in [-0.05, 0) is 50.8 Å². The molecule has 0 bridgehead atoms. The normalized spacial score (nSPS) is 21.6. The van der Waals surface area contributed by atoms with Crippen LogP contribution in [0.4, 0.5) is 4.39 Å². The first-order valence-electron chi connectivity index (χ1n) is 8.92. The molecule has 2 fully saturated rings. The first kappa shape index (κ1) is 17.7. The van der Waals surface area contributed by atoms with E-state index in [1.807, 2.05) is 11.8 Å². The molecular weight excluding hydrogens is 323 g/mol. The third kappa shape index (κ3) is 4.11. The number of hydrogen-bond acceptors (Lipinski definition) is 3. The summed E-state index contributed by atoms with van der Waals surface area (Å²) in [5, 5.41) is 2.95. The van der Waals surface area contributed by atoms with Crippen LogP contribution in [0.3, 0.4) is 0 Å². The molecule has 1 saturated carbocycles. The molecule has 1 saturated heterocycles. The van der Waals surface area contributed by atoms with Crippen molar-refractivity contribution in [3.63, 3.8) is 0 Å². The predicted octanol–water partition coefficient (Wildman–Crippen LogP) is 2.66. The molecule has 0 spiro atoms. The zero-order valence-electron chi connectivity index (χ0n) is 14.8. The number of benzene rings is 1. The highest BCUT2D eigenvalue weighted by Crippen LogP contribution is 2.33. The summed E-state index contributed by atoms with van der Waals surface area (Å²) in [6, 6.07) is 3.91. The van der Waals surface area contributed by atoms with E-state index >= 15 is 0 Å². The maximum absolute atomic E-state index is 13.5. The number of halogens is 1. The lowest BCUT2D eigenvalue weighted by molar-refractivity contribution is -0.137. The molecule has 1 N–H and O–H groups in total. The Bertz CT molecular complexity index is 660. The maximum atomic E-state index is 13.5. The zero-order chi connectivity index (χ0) is 18.0. The van der Waals surface area contributed by atoms with Gasteiger partial charge in [-0.1, -0.05) is 0 Å². The minimum absolute atomic E-state index is 0.0906. The first-order valence-corrected chi connectivity index (χ1v) is 8.92. The molecule has 136 valence electrons. The number of likely N-dealkylation sites (tertiary alicyclic amines) is 1. The number of nitrogens with zero attached hydrogens (tertiary/aromatic N) is 1. The number of carbonyl (C=O) groups is 2. The van der Waals surface area contributed by atoms with Crippen LogP contribution >= 0.6 is 0 Å². The SMILES string of the molecule is COc1ccc(F)cc1C(C)NC(=O)C1CCCN(C(=O)C2CC2)C1. The van der Waals surface area contributed by atoms with Crippen molar-refractivity contribution >= 4 is 11.8 Å². The van der Waals surface area contributed by atoms with E-state index in [0.717, 1.165) is 32.2 Å². The number of ether oxygens (including phenoxy) is 1. The summed E-state index contributed by atoms with van der Waals surface area (Å²) in [6.07, 6.45) is 3.56. The highest BCUT2D eigenvalue weighted by molar-refractivity contribution is 5.83. The summed E-state index contributed by atoms with van der Waals surface area (Å²) < 4.78 is 18.8. The number of hydrogen-bond donors (Lipinski definition) is 1. The quantitative estimate of drug-likeness (QED) is 0.890. The maximum Gasteiger partial charge on any atom is 0.225 e. The molecule has 6 heteroatoms. The Kier molecular flexibility index (Phi) is 5.25. The topological polar surface area (TPSA) is 58.6 Å². The van der Waals surface area contributed by atoms with E-state index < -0.39 is 0 Å². The van der Waals surface area contributed by atoms with E-state index in [-0.39, 0.29) is 35.5 Å². The lowest BCUT2D eigenvalue weighted by atomic mass is 9.96. The fourth-order valence-electron chi connectivity index (χ4n) is 3.43. The molecular formula is C19H25FN2O3. The Hall–Kier alpha value is -2.11. The van der Waals surface area contributed by atoms with E-state index in [4.69, 9.17) is 4.74 Å². The molecule has 3 rings (SSSR count). The summed E-state index contributed by atoms with van der Waals surface area (Å²) in [6.45, 7) is 3.03. The van der Waals surface area contributed by atoms with Crippen molar-refractivity contribution in [2.24, 2.45) is 11.8 Å². The number of methoxy groups -OCH3 is 1. The third-order valence-corrected chi connectivity index (χ3v) is 5.05. The van der Waals surface area contributed by atoms with Crippen molar-refractivity contribution in [2.75, 3.05) is 20.2 Å². The van der Waals surface area contributed by atoms with Crippen LogP contribution in [-0.4, -0.2) is 36.9 Å². The monoisotopic (exact) mass is 348 g/mol. The lowest BCUT2D eigenvalue weighted by Gasteiger charge is -2.33. The van der Waals surface area contributed by atoms with E-state index in [1.54, 1.807) is 6.07 Å². The summed E-state index contributed by atoms with van der Waals surface area (Å²) >= 11 is 0. The molecule has 0 aromatic heterocycles. The van der Waals surface area contributed by atoms with E-state index in [2.05, 4.69) is 5.32 Å². The Balaban J connectivity index is 1.63. The minimum atomic E-state index is -0.368. The summed E-state index contributed by atoms with van der Waals surface area (Å²) in [5.74, 6) is 0.249. The van der Waals surface area contributed by atoms with Crippen molar-refractivity contribution in [1.29, 1.82) is 0 Å². The second-order valence-electron chi connectivity index (χ2n) is 7.01. The Morgan fingerprint density at radius 2 is 2.04 bits per heavy atom. The lowest BCUT2D eigenvalue weighted by Crippen LogP contribution is -2.46. The van der Waals surface area contributed by atoms with Gasteiger partial charge in [0.15, 0.2) is 0 Å². The van der Waals surface area contributed by atoms with Crippen LogP contribution in [0, 0.1) is 17.7 Å². The Morgan fingerprint density at radius 3 is 2.72 bits per heavy atom. The standard InChI is InChI=1S/C19H25FN2O3/c1-12(16-10-15(20)7-8-17(16)25-2)21-18(23)14-4-3-9-22(11-14)19(24)13-5-6-13/h7-8,10,12-14H,3-6,9,11H2,1-2H3,(H,21,23). The van der Waals surface area contributed by atoms with Gasteiger partial charge in [-0.2, -0.15) is 0 Å². The van der Waals surface area contributed by atoms with Crippen LogP contribution in [0.2, 0.25) is 0 Å². The van der Waals surface area contributed by atoms with Gasteiger partial charge in [-0.25, -0.2) is 4.39 Å². The van der Waals surface area contributed by atoms with E-state index in [9.17, 15) is 14.0 Å². The average Bonchev–Trinajstić information content (AvgIpc) is 3.46. The Labute approximate surface area is 147 Å². The van der Waals surface area contributed by atoms with Gasteiger partial charge in [0.2, 0.25) is 11.8 Å². The van der Waals surface area contributed by atoms with E-state index in [1.165, 1.54) is 19.2 Å². The molecule has 1 aromatic rings. The Morgan fingerprint density at radius 1 is 1.28 bits per heavy atom. The molecule has 2 aliphatic rings. The molecule has 2 unspecified atom stereocenters. The van der Waals surface area contributed by atoms with Gasteiger partial charge in [0.05, 0.1) is 19.1 Å². The van der Waals surface area contributed by atoms with Crippen molar-refractivity contribution in [1.82, 2.24) is 10.2 Å². The molecule has 2 amide bonds. The molecule has 1 heterocycles. The number of carbonyl (C=O) groups excluding carboxylic acids is 2. The van der Waals surface area contributed by atoms with Crippen LogP contribution < -0.4 is 10.1 Å². The van der Waals surface area contributed by atoms with Crippen molar-refractivity contribution in [3.8, 4) is 5.75 Å². The van der Waals surface area contributed by atoms with Crippen molar-refractivity contribution < 1.29 is 18.7 Å². The predicted molar refractivity (Wildman–Crippen MR) is 91.5 cm³/mol. The van der Waals surface area contributed by atoms with Gasteiger partial charge < -0.3 is 15.0 Å². The van der Waals surface area contributed by atoms with Gasteiger partial charge >= 0.3 is 0 Å². The second kappa shape index (κ2) is 7.42. The fraction of sp³-hybridized carbons (Fsp3) is 0.579. The van der Waals surface area contributed by atoms with Gasteiger partial charge in [0, 0.05) is 24.6 Å². The van der Waals surface area contributed by atoms with Gasteiger partial charge in [-0.15, -0.1) is 0 Å². The molecule has 2 atom stereocenters. The van der Waals surface area contributed by atoms with Crippen LogP contribution in [0.5, 0.6) is 5.75 Å². The number of rotatable bonds is 5. The molecule has 1 aliphatic carbocycles. The second-order valence-corrected chi connectivity index (χ2v) is 7.01. The summed E-state index contributed by atoms with van der Waals surface area (Å²) in [4.78, 5) is 26.7. The highest BCUT2D eigenvalue weighted by atomic mass is 19.1. The number of nitrogens with one attached hydrogen (secondary N) is 1. The molecule has 1 aromatic carbocycles. The van der Waals surface area contributed by atoms with Crippen LogP contribution in [-0.2, 0) is 9.59 Å². The molecule has 0 radical (unpaired) electrons.